The van der Waals surface area contributed by atoms with E-state index in [1.54, 1.807) is 0 Å². The molecule has 0 bridgehead atoms. The lowest BCUT2D eigenvalue weighted by Crippen LogP contribution is -2.36. The van der Waals surface area contributed by atoms with Gasteiger partial charge in [0.1, 0.15) is 5.78 Å². The minimum absolute atomic E-state index is 0.0353. The molecule has 3 nitrogen and oxygen atoms in total. The van der Waals surface area contributed by atoms with Crippen molar-refractivity contribution in [2.24, 2.45) is 10.8 Å². The van der Waals surface area contributed by atoms with Gasteiger partial charge >= 0.3 is 5.97 Å². The Labute approximate surface area is 103 Å². The molecule has 0 amide bonds. The van der Waals surface area contributed by atoms with Gasteiger partial charge in [0.05, 0.1) is 0 Å². The first-order valence-electron chi connectivity index (χ1n) is 6.04. The predicted molar refractivity (Wildman–Crippen MR) is 66.8 cm³/mol. The summed E-state index contributed by atoms with van der Waals surface area (Å²) in [6.07, 6.45) is 4.12. The Balaban J connectivity index is 2.81. The van der Waals surface area contributed by atoms with E-state index in [0.717, 1.165) is 12.0 Å². The van der Waals surface area contributed by atoms with Gasteiger partial charge in [-0.3, -0.25) is 4.79 Å². The fourth-order valence-electron chi connectivity index (χ4n) is 3.41. The Morgan fingerprint density at radius 3 is 2.41 bits per heavy atom. The number of hydrogen-bond donors (Lipinski definition) is 1. The van der Waals surface area contributed by atoms with Crippen LogP contribution in [0.25, 0.3) is 0 Å². The second kappa shape index (κ2) is 4.63. The van der Waals surface area contributed by atoms with Crippen LogP contribution in [0.5, 0.6) is 0 Å². The highest BCUT2D eigenvalue weighted by Crippen LogP contribution is 2.47. The maximum absolute atomic E-state index is 11.8. The second-order valence-electron chi connectivity index (χ2n) is 6.55. The molecule has 3 heteroatoms. The van der Waals surface area contributed by atoms with E-state index in [9.17, 15) is 9.59 Å². The van der Waals surface area contributed by atoms with Crippen molar-refractivity contribution in [1.29, 1.82) is 0 Å². The third-order valence-corrected chi connectivity index (χ3v) is 3.28. The van der Waals surface area contributed by atoms with E-state index in [-0.39, 0.29) is 10.8 Å². The highest BCUT2D eigenvalue weighted by Gasteiger charge is 2.40. The van der Waals surface area contributed by atoms with E-state index in [1.807, 2.05) is 6.92 Å². The smallest absolute Gasteiger partial charge is 0.328 e. The number of allylic oxidation sites excluding steroid dienone is 1. The molecule has 0 aliphatic heterocycles. The number of carboxylic acids is 1. The molecule has 0 saturated heterocycles. The van der Waals surface area contributed by atoms with Crippen LogP contribution in [0.15, 0.2) is 11.6 Å². The molecule has 1 atom stereocenters. The lowest BCUT2D eigenvalue weighted by atomic mass is 9.62. The Bertz CT molecular complexity index is 366. The molecule has 0 aromatic heterocycles. The average Bonchev–Trinajstić information content (AvgIpc) is 1.93. The van der Waals surface area contributed by atoms with Crippen LogP contribution in [0.4, 0.5) is 0 Å². The third-order valence-electron chi connectivity index (χ3n) is 3.28. The second-order valence-corrected chi connectivity index (χ2v) is 6.55. The summed E-state index contributed by atoms with van der Waals surface area (Å²) < 4.78 is 0. The highest BCUT2D eigenvalue weighted by atomic mass is 16.4. The van der Waals surface area contributed by atoms with Gasteiger partial charge in [0.25, 0.3) is 0 Å². The van der Waals surface area contributed by atoms with E-state index in [2.05, 4.69) is 20.8 Å². The third kappa shape index (κ3) is 4.33. The average molecular weight is 238 g/mol. The summed E-state index contributed by atoms with van der Waals surface area (Å²) in [5.74, 6) is -0.612. The summed E-state index contributed by atoms with van der Waals surface area (Å²) in [6.45, 7) is 8.13. The first kappa shape index (κ1) is 13.9. The Morgan fingerprint density at radius 1 is 1.35 bits per heavy atom. The SMILES string of the molecule is C/C(=C\C(=O)O)CC1(C)CC(=O)CC(C)(C)C1. The van der Waals surface area contributed by atoms with E-state index in [1.165, 1.54) is 6.08 Å². The molecule has 17 heavy (non-hydrogen) atoms. The maximum Gasteiger partial charge on any atom is 0.328 e. The molecule has 96 valence electrons. The van der Waals surface area contributed by atoms with Crippen molar-refractivity contribution in [2.45, 2.75) is 53.4 Å². The van der Waals surface area contributed by atoms with Crippen molar-refractivity contribution in [3.05, 3.63) is 11.6 Å². The predicted octanol–water partition coefficient (Wildman–Crippen LogP) is 3.19. The van der Waals surface area contributed by atoms with Crippen LogP contribution in [-0.2, 0) is 9.59 Å². The Kier molecular flexibility index (Phi) is 3.80. The fourth-order valence-corrected chi connectivity index (χ4v) is 3.41. The van der Waals surface area contributed by atoms with E-state index in [4.69, 9.17) is 5.11 Å². The van der Waals surface area contributed by atoms with E-state index < -0.39 is 5.97 Å². The fraction of sp³-hybridized carbons (Fsp3) is 0.714. The summed E-state index contributed by atoms with van der Waals surface area (Å²) in [4.78, 5) is 22.4. The van der Waals surface area contributed by atoms with Gasteiger partial charge in [-0.25, -0.2) is 4.79 Å². The lowest BCUT2D eigenvalue weighted by Gasteiger charge is -2.42. The van der Waals surface area contributed by atoms with Crippen molar-refractivity contribution in [1.82, 2.24) is 0 Å². The number of carboxylic acid groups (broad SMARTS) is 1. The molecule has 1 aliphatic carbocycles. The highest BCUT2D eigenvalue weighted by molar-refractivity contribution is 5.81. The number of carbonyl (C=O) groups is 2. The van der Waals surface area contributed by atoms with Crippen LogP contribution < -0.4 is 0 Å². The molecule has 0 radical (unpaired) electrons. The minimum Gasteiger partial charge on any atom is -0.478 e. The maximum atomic E-state index is 11.8. The van der Waals surface area contributed by atoms with Gasteiger partial charge in [0.15, 0.2) is 0 Å². The van der Waals surface area contributed by atoms with Gasteiger partial charge in [-0.2, -0.15) is 0 Å². The molecule has 1 fully saturated rings. The summed E-state index contributed by atoms with van der Waals surface area (Å²) >= 11 is 0. The van der Waals surface area contributed by atoms with Crippen molar-refractivity contribution in [3.63, 3.8) is 0 Å². The van der Waals surface area contributed by atoms with Crippen LogP contribution in [0, 0.1) is 10.8 Å². The molecule has 1 N–H and O–H groups in total. The summed E-state index contributed by atoms with van der Waals surface area (Å²) in [5.41, 5.74) is 0.785. The molecule has 0 spiro atoms. The summed E-state index contributed by atoms with van der Waals surface area (Å²) in [7, 11) is 0. The molecule has 1 aliphatic rings. The van der Waals surface area contributed by atoms with Gasteiger partial charge in [-0.1, -0.05) is 26.3 Å². The monoisotopic (exact) mass is 238 g/mol. The standard InChI is InChI=1S/C14H22O3/c1-10(5-12(16)17)6-14(4)8-11(15)7-13(2,3)9-14/h5H,6-9H2,1-4H3,(H,16,17)/b10-5+. The number of carbonyl (C=O) groups excluding carboxylic acids is 1. The van der Waals surface area contributed by atoms with Crippen LogP contribution in [0.3, 0.4) is 0 Å². The summed E-state index contributed by atoms with van der Waals surface area (Å²) in [5, 5.41) is 8.71. The lowest BCUT2D eigenvalue weighted by molar-refractivity contribution is -0.131. The van der Waals surface area contributed by atoms with E-state index in [0.29, 0.717) is 25.0 Å². The zero-order chi connectivity index (χ0) is 13.3. The minimum atomic E-state index is -0.910. The molecule has 0 aromatic rings. The topological polar surface area (TPSA) is 54.4 Å². The number of aliphatic carboxylic acids is 1. The van der Waals surface area contributed by atoms with Gasteiger partial charge in [0, 0.05) is 18.9 Å². The molecule has 0 heterocycles. The van der Waals surface area contributed by atoms with Crippen molar-refractivity contribution >= 4 is 11.8 Å². The molecule has 1 saturated carbocycles. The zero-order valence-electron chi connectivity index (χ0n) is 11.2. The zero-order valence-corrected chi connectivity index (χ0v) is 11.2. The first-order valence-corrected chi connectivity index (χ1v) is 6.04. The van der Waals surface area contributed by atoms with Crippen LogP contribution in [0.1, 0.15) is 53.4 Å². The van der Waals surface area contributed by atoms with Crippen molar-refractivity contribution in [2.75, 3.05) is 0 Å². The van der Waals surface area contributed by atoms with Crippen LogP contribution in [-0.4, -0.2) is 16.9 Å². The summed E-state index contributed by atoms with van der Waals surface area (Å²) in [6, 6.07) is 0. The molecule has 0 aromatic carbocycles. The quantitative estimate of drug-likeness (QED) is 0.768. The number of hydrogen-bond acceptors (Lipinski definition) is 2. The Hall–Kier alpha value is -1.12. The van der Waals surface area contributed by atoms with Gasteiger partial charge in [-0.15, -0.1) is 0 Å². The first-order chi connectivity index (χ1) is 7.62. The molecular formula is C14H22O3. The molecular weight excluding hydrogens is 216 g/mol. The van der Waals surface area contributed by atoms with E-state index >= 15 is 0 Å². The largest absolute Gasteiger partial charge is 0.478 e. The van der Waals surface area contributed by atoms with Gasteiger partial charge in [-0.05, 0) is 30.6 Å². The van der Waals surface area contributed by atoms with Gasteiger partial charge in [0.2, 0.25) is 0 Å². The Morgan fingerprint density at radius 2 is 1.94 bits per heavy atom. The molecule has 1 rings (SSSR count). The number of ketones is 1. The normalized spacial score (nSPS) is 29.2. The van der Waals surface area contributed by atoms with Crippen LogP contribution in [0.2, 0.25) is 0 Å². The number of Topliss-reactive ketones (excluding diaryl/α,β-unsaturated/α-hetero) is 1. The van der Waals surface area contributed by atoms with Gasteiger partial charge < -0.3 is 5.11 Å². The van der Waals surface area contributed by atoms with Crippen LogP contribution >= 0.6 is 0 Å². The van der Waals surface area contributed by atoms with Crippen molar-refractivity contribution in [3.8, 4) is 0 Å². The number of rotatable bonds is 3. The molecule has 1 unspecified atom stereocenters. The van der Waals surface area contributed by atoms with Crippen molar-refractivity contribution < 1.29 is 14.7 Å².